The number of aryl methyl sites for hydroxylation is 1. The monoisotopic (exact) mass is 301 g/mol. The van der Waals surface area contributed by atoms with Gasteiger partial charge in [0.25, 0.3) is 0 Å². The van der Waals surface area contributed by atoms with Crippen LogP contribution in [0.2, 0.25) is 0 Å². The molecule has 0 aromatic heterocycles. The lowest BCUT2D eigenvalue weighted by Gasteiger charge is -2.33. The van der Waals surface area contributed by atoms with Gasteiger partial charge in [-0.1, -0.05) is 26.8 Å². The zero-order valence-corrected chi connectivity index (χ0v) is 13.9. The zero-order valence-electron chi connectivity index (χ0n) is 13.0. The molecule has 0 radical (unpaired) electrons. The minimum Gasteiger partial charge on any atom is -0.207 e. The molecule has 3 nitrogen and oxygen atoms in total. The maximum Gasteiger partial charge on any atom is 0.241 e. The summed E-state index contributed by atoms with van der Waals surface area (Å²) in [5.74, 6) is -0.551. The second-order valence-corrected chi connectivity index (χ2v) is 8.79. The maximum atomic E-state index is 13.3. The number of nitrogens with one attached hydrogen (secondary N) is 1. The van der Waals surface area contributed by atoms with Gasteiger partial charge in [-0.25, -0.2) is 17.5 Å². The van der Waals surface area contributed by atoms with Crippen molar-refractivity contribution in [1.82, 2.24) is 4.72 Å². The van der Waals surface area contributed by atoms with E-state index >= 15 is 0 Å². The van der Waals surface area contributed by atoms with Gasteiger partial charge in [0, 0.05) is 5.54 Å². The summed E-state index contributed by atoms with van der Waals surface area (Å²) in [6.45, 7) is 11.5. The summed E-state index contributed by atoms with van der Waals surface area (Å²) in [6, 6.07) is 3.79. The predicted octanol–water partition coefficient (Wildman–Crippen LogP) is 3.63. The molecule has 0 aliphatic rings. The van der Waals surface area contributed by atoms with Crippen LogP contribution < -0.4 is 4.72 Å². The summed E-state index contributed by atoms with van der Waals surface area (Å²) >= 11 is 0. The first-order chi connectivity index (χ1) is 8.82. The molecule has 1 N–H and O–H groups in total. The molecule has 0 spiro atoms. The fourth-order valence-electron chi connectivity index (χ4n) is 2.64. The quantitative estimate of drug-likeness (QED) is 0.923. The third-order valence-electron chi connectivity index (χ3n) is 2.82. The van der Waals surface area contributed by atoms with Gasteiger partial charge in [0.15, 0.2) is 0 Å². The van der Waals surface area contributed by atoms with Crippen LogP contribution >= 0.6 is 0 Å². The molecule has 0 saturated carbocycles. The maximum absolute atomic E-state index is 13.3. The van der Waals surface area contributed by atoms with Crippen LogP contribution in [0.15, 0.2) is 23.1 Å². The Kier molecular flexibility index (Phi) is 4.66. The first-order valence-corrected chi connectivity index (χ1v) is 8.11. The van der Waals surface area contributed by atoms with E-state index in [1.807, 2.05) is 13.8 Å². The molecule has 1 aromatic carbocycles. The van der Waals surface area contributed by atoms with Crippen molar-refractivity contribution in [2.24, 2.45) is 5.41 Å². The molecule has 0 fully saturated rings. The summed E-state index contributed by atoms with van der Waals surface area (Å²) in [6.07, 6.45) is 0.674. The summed E-state index contributed by atoms with van der Waals surface area (Å²) in [5.41, 5.74) is -0.0794. The second-order valence-electron chi connectivity index (χ2n) is 7.14. The molecular weight excluding hydrogens is 277 g/mol. The highest BCUT2D eigenvalue weighted by Gasteiger charge is 2.31. The summed E-state index contributed by atoms with van der Waals surface area (Å²) in [4.78, 5) is -0.000478. The minimum atomic E-state index is -3.73. The van der Waals surface area contributed by atoms with E-state index in [1.165, 1.54) is 12.1 Å². The lowest BCUT2D eigenvalue weighted by Crippen LogP contribution is -2.45. The van der Waals surface area contributed by atoms with E-state index in [4.69, 9.17) is 0 Å². The average molecular weight is 301 g/mol. The topological polar surface area (TPSA) is 46.2 Å². The molecule has 0 amide bonds. The number of sulfonamides is 1. The third kappa shape index (κ3) is 4.87. The van der Waals surface area contributed by atoms with Crippen LogP contribution in [0.5, 0.6) is 0 Å². The van der Waals surface area contributed by atoms with E-state index in [1.54, 1.807) is 6.92 Å². The van der Waals surface area contributed by atoms with Crippen LogP contribution in [0.4, 0.5) is 4.39 Å². The van der Waals surface area contributed by atoms with Gasteiger partial charge in [0.05, 0.1) is 4.90 Å². The number of halogens is 1. The highest BCUT2D eigenvalue weighted by Crippen LogP contribution is 2.28. The summed E-state index contributed by atoms with van der Waals surface area (Å²) in [5, 5.41) is 0. The number of benzene rings is 1. The molecule has 1 rings (SSSR count). The first kappa shape index (κ1) is 17.1. The van der Waals surface area contributed by atoms with Crippen molar-refractivity contribution in [3.05, 3.63) is 29.6 Å². The van der Waals surface area contributed by atoms with E-state index in [9.17, 15) is 12.8 Å². The number of rotatable bonds is 4. The fraction of sp³-hybridized carbons (Fsp3) is 0.600. The molecular formula is C15H24FNO2S. The fourth-order valence-corrected chi connectivity index (χ4v) is 4.31. The van der Waals surface area contributed by atoms with Gasteiger partial charge in [-0.2, -0.15) is 0 Å². The molecule has 0 aliphatic heterocycles. The predicted molar refractivity (Wildman–Crippen MR) is 79.6 cm³/mol. The van der Waals surface area contributed by atoms with Crippen molar-refractivity contribution in [2.75, 3.05) is 0 Å². The molecule has 5 heteroatoms. The molecule has 0 bridgehead atoms. The number of hydrogen-bond donors (Lipinski definition) is 1. The Hall–Kier alpha value is -0.940. The second kappa shape index (κ2) is 5.45. The Labute approximate surface area is 121 Å². The highest BCUT2D eigenvalue weighted by atomic mass is 32.2. The minimum absolute atomic E-state index is 0.000478. The van der Waals surface area contributed by atoms with Gasteiger partial charge in [-0.3, -0.25) is 0 Å². The van der Waals surface area contributed by atoms with Gasteiger partial charge in [-0.15, -0.1) is 0 Å². The van der Waals surface area contributed by atoms with E-state index in [0.717, 1.165) is 6.07 Å². The van der Waals surface area contributed by atoms with Crippen LogP contribution in [0.3, 0.4) is 0 Å². The Morgan fingerprint density at radius 1 is 1.15 bits per heavy atom. The van der Waals surface area contributed by atoms with Gasteiger partial charge in [0.2, 0.25) is 10.0 Å². The Morgan fingerprint density at radius 2 is 1.70 bits per heavy atom. The SMILES string of the molecule is Cc1ccc(F)cc1S(=O)(=O)NC(C)(C)CC(C)(C)C. The zero-order chi connectivity index (χ0) is 15.8. The van der Waals surface area contributed by atoms with Crippen LogP contribution in [0.25, 0.3) is 0 Å². The smallest absolute Gasteiger partial charge is 0.207 e. The molecule has 0 atom stereocenters. The molecule has 20 heavy (non-hydrogen) atoms. The van der Waals surface area contributed by atoms with Crippen molar-refractivity contribution in [2.45, 2.75) is 58.4 Å². The van der Waals surface area contributed by atoms with E-state index in [-0.39, 0.29) is 10.3 Å². The Balaban J connectivity index is 3.09. The summed E-state index contributed by atoms with van der Waals surface area (Å²) in [7, 11) is -3.73. The van der Waals surface area contributed by atoms with E-state index < -0.39 is 21.4 Å². The van der Waals surface area contributed by atoms with Crippen molar-refractivity contribution in [3.63, 3.8) is 0 Å². The van der Waals surface area contributed by atoms with Crippen LogP contribution in [0, 0.1) is 18.2 Å². The average Bonchev–Trinajstić information content (AvgIpc) is 2.15. The number of hydrogen-bond acceptors (Lipinski definition) is 2. The highest BCUT2D eigenvalue weighted by molar-refractivity contribution is 7.89. The molecule has 0 saturated heterocycles. The van der Waals surface area contributed by atoms with Gasteiger partial charge in [-0.05, 0) is 50.3 Å². The molecule has 0 heterocycles. The molecule has 114 valence electrons. The van der Waals surface area contributed by atoms with Gasteiger partial charge < -0.3 is 0 Å². The van der Waals surface area contributed by atoms with E-state index in [0.29, 0.717) is 12.0 Å². The van der Waals surface area contributed by atoms with Crippen molar-refractivity contribution in [1.29, 1.82) is 0 Å². The van der Waals surface area contributed by atoms with Crippen LogP contribution in [-0.4, -0.2) is 14.0 Å². The lowest BCUT2D eigenvalue weighted by atomic mass is 9.82. The lowest BCUT2D eigenvalue weighted by molar-refractivity contribution is 0.269. The van der Waals surface area contributed by atoms with Crippen molar-refractivity contribution < 1.29 is 12.8 Å². The normalized spacial score (nSPS) is 13.6. The van der Waals surface area contributed by atoms with Crippen LogP contribution in [-0.2, 0) is 10.0 Å². The third-order valence-corrected chi connectivity index (χ3v) is 4.66. The largest absolute Gasteiger partial charge is 0.241 e. The Bertz CT molecular complexity index is 586. The van der Waals surface area contributed by atoms with Crippen molar-refractivity contribution in [3.8, 4) is 0 Å². The van der Waals surface area contributed by atoms with Gasteiger partial charge in [0.1, 0.15) is 5.82 Å². The summed E-state index contributed by atoms with van der Waals surface area (Å²) < 4.78 is 40.8. The molecule has 1 aromatic rings. The molecule has 0 unspecified atom stereocenters. The standard InChI is InChI=1S/C15H24FNO2S/c1-11-7-8-12(16)9-13(11)20(18,19)17-15(5,6)10-14(2,3)4/h7-9,17H,10H2,1-6H3. The van der Waals surface area contributed by atoms with Crippen molar-refractivity contribution >= 4 is 10.0 Å². The van der Waals surface area contributed by atoms with Gasteiger partial charge >= 0.3 is 0 Å². The molecule has 0 aliphatic carbocycles. The van der Waals surface area contributed by atoms with E-state index in [2.05, 4.69) is 25.5 Å². The van der Waals surface area contributed by atoms with Crippen LogP contribution in [0.1, 0.15) is 46.6 Å². The first-order valence-electron chi connectivity index (χ1n) is 6.63. The Morgan fingerprint density at radius 3 is 2.20 bits per heavy atom.